The summed E-state index contributed by atoms with van der Waals surface area (Å²) in [6, 6.07) is 0. The molecular formula is C53H105O12P. The third-order valence-corrected chi connectivity index (χ3v) is 14.5. The Kier molecular flexibility index (Phi) is 42.5. The standard InChI is InChI=1S/C53H105O12P/c1-3-5-7-9-11-13-15-17-19-21-23-25-27-29-31-33-35-37-39-41-43-62-44-46(45-63-66(60,61)65-53-51(58)49(56)48(55)50(57)52(53)59)64-47(54)42-40-38-36-34-32-30-28-26-24-22-20-18-16-14-12-10-8-6-4-2/h46,48-53,55-59H,3-45H2,1-2H3,(H,60,61). The molecule has 1 aliphatic rings. The van der Waals surface area contributed by atoms with Crippen molar-refractivity contribution in [2.24, 2.45) is 0 Å². The number of hydrogen-bond acceptors (Lipinski definition) is 11. The molecule has 66 heavy (non-hydrogen) atoms. The highest BCUT2D eigenvalue weighted by Gasteiger charge is 2.51. The lowest BCUT2D eigenvalue weighted by Crippen LogP contribution is -2.64. The maximum atomic E-state index is 12.9. The summed E-state index contributed by atoms with van der Waals surface area (Å²) in [6.45, 7) is 4.34. The summed E-state index contributed by atoms with van der Waals surface area (Å²) in [4.78, 5) is 23.3. The van der Waals surface area contributed by atoms with Crippen LogP contribution in [0.3, 0.4) is 0 Å². The number of carbonyl (C=O) groups excluding carboxylic acids is 1. The molecule has 6 unspecified atom stereocenters. The van der Waals surface area contributed by atoms with Gasteiger partial charge in [0.2, 0.25) is 0 Å². The molecule has 0 amide bonds. The average molecular weight is 965 g/mol. The Morgan fingerprint density at radius 3 is 1.05 bits per heavy atom. The Labute approximate surface area is 404 Å². The molecule has 0 saturated heterocycles. The van der Waals surface area contributed by atoms with Crippen molar-refractivity contribution in [2.45, 2.75) is 313 Å². The zero-order chi connectivity index (χ0) is 48.4. The van der Waals surface area contributed by atoms with Gasteiger partial charge in [-0.15, -0.1) is 0 Å². The van der Waals surface area contributed by atoms with Gasteiger partial charge in [-0.05, 0) is 12.8 Å². The molecule has 6 atom stereocenters. The lowest BCUT2D eigenvalue weighted by molar-refractivity contribution is -0.220. The number of hydrogen-bond donors (Lipinski definition) is 6. The number of esters is 1. The molecule has 0 heterocycles. The summed E-state index contributed by atoms with van der Waals surface area (Å²) in [5.74, 6) is -0.468. The second-order valence-electron chi connectivity index (χ2n) is 19.8. The van der Waals surface area contributed by atoms with Crippen molar-refractivity contribution in [1.82, 2.24) is 0 Å². The van der Waals surface area contributed by atoms with E-state index in [0.717, 1.165) is 38.5 Å². The van der Waals surface area contributed by atoms with Crippen molar-refractivity contribution in [3.05, 3.63) is 0 Å². The predicted molar refractivity (Wildman–Crippen MR) is 267 cm³/mol. The van der Waals surface area contributed by atoms with Gasteiger partial charge in [0.15, 0.2) is 0 Å². The summed E-state index contributed by atoms with van der Waals surface area (Å²) in [5, 5.41) is 50.4. The van der Waals surface area contributed by atoms with Crippen LogP contribution in [-0.4, -0.2) is 98.9 Å². The first-order valence-electron chi connectivity index (χ1n) is 27.9. The fourth-order valence-electron chi connectivity index (χ4n) is 9.07. The molecule has 0 aliphatic heterocycles. The molecule has 6 N–H and O–H groups in total. The Morgan fingerprint density at radius 1 is 0.424 bits per heavy atom. The molecule has 12 nitrogen and oxygen atoms in total. The van der Waals surface area contributed by atoms with Gasteiger partial charge >= 0.3 is 13.8 Å². The van der Waals surface area contributed by atoms with Crippen LogP contribution in [0.2, 0.25) is 0 Å². The number of aliphatic hydroxyl groups excluding tert-OH is 5. The van der Waals surface area contributed by atoms with Crippen LogP contribution in [-0.2, 0) is 27.9 Å². The van der Waals surface area contributed by atoms with Crippen LogP contribution >= 0.6 is 7.82 Å². The molecule has 1 fully saturated rings. The van der Waals surface area contributed by atoms with E-state index in [2.05, 4.69) is 13.8 Å². The number of unbranched alkanes of at least 4 members (excludes halogenated alkanes) is 37. The smallest absolute Gasteiger partial charge is 0.457 e. The lowest BCUT2D eigenvalue weighted by atomic mass is 9.85. The summed E-state index contributed by atoms with van der Waals surface area (Å²) in [7, 11) is -5.02. The van der Waals surface area contributed by atoms with Gasteiger partial charge in [-0.25, -0.2) is 4.57 Å². The van der Waals surface area contributed by atoms with Gasteiger partial charge in [0.25, 0.3) is 0 Å². The second-order valence-corrected chi connectivity index (χ2v) is 21.2. The van der Waals surface area contributed by atoms with Crippen molar-refractivity contribution in [2.75, 3.05) is 19.8 Å². The number of aliphatic hydroxyl groups is 5. The van der Waals surface area contributed by atoms with Crippen molar-refractivity contribution >= 4 is 13.8 Å². The summed E-state index contributed by atoms with van der Waals surface area (Å²) < 4.78 is 34.4. The van der Waals surface area contributed by atoms with Crippen molar-refractivity contribution in [3.8, 4) is 0 Å². The molecule has 0 spiro atoms. The van der Waals surface area contributed by atoms with Crippen LogP contribution in [0.4, 0.5) is 0 Å². The van der Waals surface area contributed by atoms with Crippen LogP contribution in [0.5, 0.6) is 0 Å². The van der Waals surface area contributed by atoms with Gasteiger partial charge in [-0.1, -0.05) is 251 Å². The van der Waals surface area contributed by atoms with Gasteiger partial charge in [0.1, 0.15) is 42.7 Å². The molecule has 0 aromatic heterocycles. The van der Waals surface area contributed by atoms with Crippen LogP contribution in [0.15, 0.2) is 0 Å². The van der Waals surface area contributed by atoms with Crippen LogP contribution in [0, 0.1) is 0 Å². The first kappa shape index (κ1) is 63.4. The van der Waals surface area contributed by atoms with E-state index in [4.69, 9.17) is 18.5 Å². The Hall–Kier alpha value is -0.660. The minimum atomic E-state index is -5.02. The van der Waals surface area contributed by atoms with E-state index in [1.54, 1.807) is 0 Å². The third kappa shape index (κ3) is 35.4. The fraction of sp³-hybridized carbons (Fsp3) is 0.981. The van der Waals surface area contributed by atoms with E-state index >= 15 is 0 Å². The van der Waals surface area contributed by atoms with Crippen molar-refractivity contribution in [1.29, 1.82) is 0 Å². The minimum absolute atomic E-state index is 0.0671. The maximum Gasteiger partial charge on any atom is 0.472 e. The maximum absolute atomic E-state index is 12.9. The highest BCUT2D eigenvalue weighted by Crippen LogP contribution is 2.47. The van der Waals surface area contributed by atoms with Gasteiger partial charge < -0.3 is 39.9 Å². The van der Waals surface area contributed by atoms with E-state index in [9.17, 15) is 39.8 Å². The summed E-state index contributed by atoms with van der Waals surface area (Å²) in [6.07, 6.45) is 37.4. The molecular weight excluding hydrogens is 860 g/mol. The average Bonchev–Trinajstić information content (AvgIpc) is 3.30. The summed E-state index contributed by atoms with van der Waals surface area (Å²) >= 11 is 0. The van der Waals surface area contributed by atoms with Crippen LogP contribution in [0.25, 0.3) is 0 Å². The topological polar surface area (TPSA) is 192 Å². The molecule has 1 saturated carbocycles. The van der Waals surface area contributed by atoms with Gasteiger partial charge in [-0.3, -0.25) is 13.8 Å². The van der Waals surface area contributed by atoms with Gasteiger partial charge in [0.05, 0.1) is 13.2 Å². The molecule has 0 radical (unpaired) electrons. The van der Waals surface area contributed by atoms with Gasteiger partial charge in [-0.2, -0.15) is 0 Å². The Balaban J connectivity index is 2.28. The molecule has 1 aliphatic carbocycles. The first-order chi connectivity index (χ1) is 32.0. The minimum Gasteiger partial charge on any atom is -0.457 e. The van der Waals surface area contributed by atoms with E-state index in [1.165, 1.54) is 205 Å². The molecule has 0 aromatic rings. The van der Waals surface area contributed by atoms with Crippen molar-refractivity contribution < 1.29 is 58.3 Å². The number of phosphoric acid groups is 1. The van der Waals surface area contributed by atoms with Crippen LogP contribution < -0.4 is 0 Å². The first-order valence-corrected chi connectivity index (χ1v) is 29.4. The van der Waals surface area contributed by atoms with Crippen LogP contribution in [0.1, 0.15) is 271 Å². The van der Waals surface area contributed by atoms with E-state index in [-0.39, 0.29) is 13.0 Å². The highest BCUT2D eigenvalue weighted by molar-refractivity contribution is 7.47. The summed E-state index contributed by atoms with van der Waals surface area (Å²) in [5.41, 5.74) is 0. The van der Waals surface area contributed by atoms with E-state index < -0.39 is 63.1 Å². The molecule has 1 rings (SSSR count). The quantitative estimate of drug-likeness (QED) is 0.0192. The predicted octanol–water partition coefficient (Wildman–Crippen LogP) is 12.9. The van der Waals surface area contributed by atoms with E-state index in [1.807, 2.05) is 0 Å². The number of phosphoric ester groups is 1. The van der Waals surface area contributed by atoms with E-state index in [0.29, 0.717) is 13.0 Å². The fourth-order valence-corrected chi connectivity index (χ4v) is 10.0. The number of rotatable bonds is 49. The monoisotopic (exact) mass is 965 g/mol. The third-order valence-electron chi connectivity index (χ3n) is 13.5. The SMILES string of the molecule is CCCCCCCCCCCCCCCCCCCCCCOCC(COP(=O)(O)OC1C(O)C(O)C(O)C(O)C1O)OC(=O)CCCCCCCCCCCCCCCCCCCCC. The molecule has 0 aromatic carbocycles. The zero-order valence-electron chi connectivity index (χ0n) is 42.5. The second kappa shape index (κ2) is 44.3. The normalized spacial score (nSPS) is 21.3. The molecule has 394 valence electrons. The zero-order valence-corrected chi connectivity index (χ0v) is 43.4. The van der Waals surface area contributed by atoms with Gasteiger partial charge in [0, 0.05) is 13.0 Å². The molecule has 13 heteroatoms. The Morgan fingerprint density at radius 2 is 0.712 bits per heavy atom. The van der Waals surface area contributed by atoms with Crippen molar-refractivity contribution in [3.63, 3.8) is 0 Å². The number of carbonyl (C=O) groups is 1. The lowest BCUT2D eigenvalue weighted by Gasteiger charge is -2.41. The highest BCUT2D eigenvalue weighted by atomic mass is 31.2. The largest absolute Gasteiger partial charge is 0.472 e. The molecule has 0 bridgehead atoms. The Bertz CT molecular complexity index is 1100. The number of ether oxygens (including phenoxy) is 2.